The highest BCUT2D eigenvalue weighted by Gasteiger charge is 2.18. The standard InChI is InChI=1S/C20H27N5O2/c1-15-6-8-24(9-7-15)19-5-4-16(11-21-19)20(26)23-17-12-22-25(13-17)14-18-3-2-10-27-18/h4-5,11-13,15,18H,2-3,6-10,14H2,1H3,(H,23,26). The minimum Gasteiger partial charge on any atom is -0.376 e. The molecule has 0 spiro atoms. The zero-order chi connectivity index (χ0) is 18.6. The lowest BCUT2D eigenvalue weighted by Crippen LogP contribution is -2.33. The van der Waals surface area contributed by atoms with E-state index >= 15 is 0 Å². The maximum Gasteiger partial charge on any atom is 0.257 e. The molecule has 0 aliphatic carbocycles. The van der Waals surface area contributed by atoms with Gasteiger partial charge in [-0.05, 0) is 43.7 Å². The Bertz CT molecular complexity index is 759. The van der Waals surface area contributed by atoms with E-state index < -0.39 is 0 Å². The van der Waals surface area contributed by atoms with E-state index in [4.69, 9.17) is 4.74 Å². The molecule has 0 radical (unpaired) electrons. The van der Waals surface area contributed by atoms with Crippen LogP contribution in [0.4, 0.5) is 11.5 Å². The molecule has 0 bridgehead atoms. The summed E-state index contributed by atoms with van der Waals surface area (Å²) in [5.74, 6) is 1.56. The van der Waals surface area contributed by atoms with Crippen molar-refractivity contribution in [1.82, 2.24) is 14.8 Å². The van der Waals surface area contributed by atoms with E-state index in [0.717, 1.165) is 50.8 Å². The molecule has 7 heteroatoms. The van der Waals surface area contributed by atoms with Gasteiger partial charge < -0.3 is 15.0 Å². The van der Waals surface area contributed by atoms with Crippen LogP contribution in [0.1, 0.15) is 43.0 Å². The summed E-state index contributed by atoms with van der Waals surface area (Å²) in [7, 11) is 0. The molecule has 4 heterocycles. The molecule has 1 unspecified atom stereocenters. The molecule has 7 nitrogen and oxygen atoms in total. The SMILES string of the molecule is CC1CCN(c2ccc(C(=O)Nc3cnn(CC4CCCO4)c3)cn2)CC1. The Morgan fingerprint density at radius 3 is 2.81 bits per heavy atom. The van der Waals surface area contributed by atoms with Crippen molar-refractivity contribution >= 4 is 17.4 Å². The predicted octanol–water partition coefficient (Wildman–Crippen LogP) is 2.95. The summed E-state index contributed by atoms with van der Waals surface area (Å²) in [6.45, 7) is 5.91. The first-order valence-electron chi connectivity index (χ1n) is 9.84. The normalized spacial score (nSPS) is 20.8. The van der Waals surface area contributed by atoms with Gasteiger partial charge in [-0.25, -0.2) is 4.98 Å². The summed E-state index contributed by atoms with van der Waals surface area (Å²) in [4.78, 5) is 19.3. The van der Waals surface area contributed by atoms with Gasteiger partial charge in [-0.2, -0.15) is 5.10 Å². The molecule has 0 saturated carbocycles. The molecule has 1 atom stereocenters. The number of amides is 1. The third-order valence-electron chi connectivity index (χ3n) is 5.42. The van der Waals surface area contributed by atoms with Crippen molar-refractivity contribution in [2.45, 2.75) is 45.3 Å². The Morgan fingerprint density at radius 1 is 1.26 bits per heavy atom. The number of nitrogens with zero attached hydrogens (tertiary/aromatic N) is 4. The van der Waals surface area contributed by atoms with Crippen LogP contribution in [0, 0.1) is 5.92 Å². The number of anilines is 2. The number of rotatable bonds is 5. The lowest BCUT2D eigenvalue weighted by atomic mass is 9.99. The van der Waals surface area contributed by atoms with Crippen LogP contribution < -0.4 is 10.2 Å². The van der Waals surface area contributed by atoms with Crippen LogP contribution in [-0.2, 0) is 11.3 Å². The van der Waals surface area contributed by atoms with E-state index in [9.17, 15) is 4.79 Å². The summed E-state index contributed by atoms with van der Waals surface area (Å²) in [5, 5.41) is 7.20. The zero-order valence-electron chi connectivity index (χ0n) is 15.8. The first-order valence-corrected chi connectivity index (χ1v) is 9.84. The fourth-order valence-corrected chi connectivity index (χ4v) is 3.67. The molecular weight excluding hydrogens is 342 g/mol. The second-order valence-corrected chi connectivity index (χ2v) is 7.61. The number of nitrogens with one attached hydrogen (secondary N) is 1. The number of piperidine rings is 1. The summed E-state index contributed by atoms with van der Waals surface area (Å²) >= 11 is 0. The highest BCUT2D eigenvalue weighted by molar-refractivity contribution is 6.04. The van der Waals surface area contributed by atoms with Gasteiger partial charge in [0.2, 0.25) is 0 Å². The number of carbonyl (C=O) groups is 1. The minimum atomic E-state index is -0.169. The first kappa shape index (κ1) is 18.0. The number of hydrogen-bond donors (Lipinski definition) is 1. The molecule has 2 aliphatic rings. The Morgan fingerprint density at radius 2 is 2.11 bits per heavy atom. The molecule has 2 aliphatic heterocycles. The van der Waals surface area contributed by atoms with E-state index in [-0.39, 0.29) is 12.0 Å². The molecular formula is C20H27N5O2. The second-order valence-electron chi connectivity index (χ2n) is 7.61. The molecule has 1 amide bonds. The van der Waals surface area contributed by atoms with Gasteiger partial charge in [0.15, 0.2) is 0 Å². The van der Waals surface area contributed by atoms with Gasteiger partial charge in [0.1, 0.15) is 5.82 Å². The van der Waals surface area contributed by atoms with Gasteiger partial charge in [-0.15, -0.1) is 0 Å². The third kappa shape index (κ3) is 4.47. The number of carbonyl (C=O) groups excluding carboxylic acids is 1. The van der Waals surface area contributed by atoms with E-state index in [1.807, 2.05) is 23.0 Å². The number of hydrogen-bond acceptors (Lipinski definition) is 5. The van der Waals surface area contributed by atoms with Crippen LogP contribution in [0.25, 0.3) is 0 Å². The largest absolute Gasteiger partial charge is 0.376 e. The fraction of sp³-hybridized carbons (Fsp3) is 0.550. The lowest BCUT2D eigenvalue weighted by molar-refractivity contribution is 0.0940. The Kier molecular flexibility index (Phi) is 5.38. The van der Waals surface area contributed by atoms with Crippen LogP contribution in [-0.4, -0.2) is 46.5 Å². The van der Waals surface area contributed by atoms with Gasteiger partial charge >= 0.3 is 0 Å². The highest BCUT2D eigenvalue weighted by Crippen LogP contribution is 2.21. The maximum atomic E-state index is 12.5. The molecule has 2 fully saturated rings. The number of aromatic nitrogens is 3. The summed E-state index contributed by atoms with van der Waals surface area (Å²) in [6, 6.07) is 3.78. The van der Waals surface area contributed by atoms with E-state index in [1.54, 1.807) is 12.4 Å². The Labute approximate surface area is 159 Å². The minimum absolute atomic E-state index is 0.169. The van der Waals surface area contributed by atoms with Gasteiger partial charge in [0, 0.05) is 32.1 Å². The highest BCUT2D eigenvalue weighted by atomic mass is 16.5. The van der Waals surface area contributed by atoms with E-state index in [1.165, 1.54) is 12.8 Å². The monoisotopic (exact) mass is 369 g/mol. The Balaban J connectivity index is 1.33. The van der Waals surface area contributed by atoms with Gasteiger partial charge in [-0.3, -0.25) is 9.48 Å². The van der Waals surface area contributed by atoms with Crippen LogP contribution >= 0.6 is 0 Å². The molecule has 0 aromatic carbocycles. The summed E-state index contributed by atoms with van der Waals surface area (Å²) < 4.78 is 7.45. The fourth-order valence-electron chi connectivity index (χ4n) is 3.67. The molecule has 144 valence electrons. The molecule has 2 aromatic rings. The predicted molar refractivity (Wildman–Crippen MR) is 104 cm³/mol. The lowest BCUT2D eigenvalue weighted by Gasteiger charge is -2.31. The maximum absolute atomic E-state index is 12.5. The van der Waals surface area contributed by atoms with E-state index in [2.05, 4.69) is 27.2 Å². The Hall–Kier alpha value is -2.41. The van der Waals surface area contributed by atoms with Crippen LogP contribution in [0.3, 0.4) is 0 Å². The van der Waals surface area contributed by atoms with Gasteiger partial charge in [0.05, 0.1) is 30.1 Å². The van der Waals surface area contributed by atoms with Crippen molar-refractivity contribution in [2.24, 2.45) is 5.92 Å². The van der Waals surface area contributed by atoms with Crippen molar-refractivity contribution in [1.29, 1.82) is 0 Å². The molecule has 2 saturated heterocycles. The van der Waals surface area contributed by atoms with Crippen molar-refractivity contribution in [2.75, 3.05) is 29.9 Å². The van der Waals surface area contributed by atoms with E-state index in [0.29, 0.717) is 11.3 Å². The van der Waals surface area contributed by atoms with Crippen molar-refractivity contribution in [3.8, 4) is 0 Å². The number of pyridine rings is 1. The van der Waals surface area contributed by atoms with Crippen LogP contribution in [0.5, 0.6) is 0 Å². The topological polar surface area (TPSA) is 72.3 Å². The molecule has 2 aromatic heterocycles. The third-order valence-corrected chi connectivity index (χ3v) is 5.42. The van der Waals surface area contributed by atoms with Gasteiger partial charge in [-0.1, -0.05) is 6.92 Å². The van der Waals surface area contributed by atoms with Crippen LogP contribution in [0.2, 0.25) is 0 Å². The van der Waals surface area contributed by atoms with Crippen molar-refractivity contribution in [3.63, 3.8) is 0 Å². The molecule has 1 N–H and O–H groups in total. The first-order chi connectivity index (χ1) is 13.2. The van der Waals surface area contributed by atoms with Crippen LogP contribution in [0.15, 0.2) is 30.7 Å². The van der Waals surface area contributed by atoms with Crippen molar-refractivity contribution in [3.05, 3.63) is 36.3 Å². The number of ether oxygens (including phenoxy) is 1. The molecule has 27 heavy (non-hydrogen) atoms. The van der Waals surface area contributed by atoms with Gasteiger partial charge in [0.25, 0.3) is 5.91 Å². The average molecular weight is 369 g/mol. The van der Waals surface area contributed by atoms with Crippen molar-refractivity contribution < 1.29 is 9.53 Å². The smallest absolute Gasteiger partial charge is 0.257 e. The summed E-state index contributed by atoms with van der Waals surface area (Å²) in [5.41, 5.74) is 1.24. The zero-order valence-corrected chi connectivity index (χ0v) is 15.8. The second kappa shape index (κ2) is 8.08. The quantitative estimate of drug-likeness (QED) is 0.877. The average Bonchev–Trinajstić information content (AvgIpc) is 3.35. The molecule has 4 rings (SSSR count). The summed E-state index contributed by atoms with van der Waals surface area (Å²) in [6.07, 6.45) is 9.95.